The number of hydrogen-bond acceptors (Lipinski definition) is 4. The van der Waals surface area contributed by atoms with E-state index in [9.17, 15) is 0 Å². The molecule has 1 aromatic heterocycles. The van der Waals surface area contributed by atoms with E-state index in [0.29, 0.717) is 6.54 Å². The molecule has 2 heterocycles. The normalized spacial score (nSPS) is 19.8. The standard InChI is InChI=1S/C17H22N2O2/c1-13-2-7-17(21-13)15-5-3-14(4-6-15)11-19-8-9-20-16(10-18)12-19/h2-7,16H,8-12,18H2,1H3/t16-/m1/s1. The number of furan rings is 1. The van der Waals surface area contributed by atoms with Crippen molar-refractivity contribution in [2.75, 3.05) is 26.2 Å². The summed E-state index contributed by atoms with van der Waals surface area (Å²) in [6, 6.07) is 12.6. The van der Waals surface area contributed by atoms with Crippen molar-refractivity contribution < 1.29 is 9.15 Å². The topological polar surface area (TPSA) is 51.6 Å². The van der Waals surface area contributed by atoms with Gasteiger partial charge in [0.1, 0.15) is 11.5 Å². The molecule has 1 atom stereocenters. The molecule has 4 heteroatoms. The van der Waals surface area contributed by atoms with Crippen LogP contribution in [-0.2, 0) is 11.3 Å². The average molecular weight is 286 g/mol. The SMILES string of the molecule is Cc1ccc(-c2ccc(CN3CCO[C@H](CN)C3)cc2)o1. The smallest absolute Gasteiger partial charge is 0.134 e. The Morgan fingerprint density at radius 1 is 1.19 bits per heavy atom. The molecule has 0 saturated carbocycles. The summed E-state index contributed by atoms with van der Waals surface area (Å²) < 4.78 is 11.2. The van der Waals surface area contributed by atoms with Gasteiger partial charge in [0.05, 0.1) is 12.7 Å². The van der Waals surface area contributed by atoms with Crippen LogP contribution in [0.5, 0.6) is 0 Å². The molecule has 0 spiro atoms. The molecule has 4 nitrogen and oxygen atoms in total. The molecule has 0 unspecified atom stereocenters. The van der Waals surface area contributed by atoms with E-state index in [-0.39, 0.29) is 6.10 Å². The number of aryl methyl sites for hydroxylation is 1. The van der Waals surface area contributed by atoms with Gasteiger partial charge in [-0.3, -0.25) is 4.90 Å². The first-order valence-corrected chi connectivity index (χ1v) is 7.44. The first-order valence-electron chi connectivity index (χ1n) is 7.44. The van der Waals surface area contributed by atoms with Crippen LogP contribution < -0.4 is 5.73 Å². The van der Waals surface area contributed by atoms with Gasteiger partial charge in [-0.2, -0.15) is 0 Å². The van der Waals surface area contributed by atoms with Crippen LogP contribution in [0.3, 0.4) is 0 Å². The third-order valence-corrected chi connectivity index (χ3v) is 3.87. The minimum Gasteiger partial charge on any atom is -0.461 e. The second kappa shape index (κ2) is 6.43. The van der Waals surface area contributed by atoms with Crippen LogP contribution in [0.15, 0.2) is 40.8 Å². The predicted molar refractivity (Wildman–Crippen MR) is 83.0 cm³/mol. The summed E-state index contributed by atoms with van der Waals surface area (Å²) in [5.41, 5.74) is 8.11. The lowest BCUT2D eigenvalue weighted by atomic mass is 10.1. The molecule has 0 bridgehead atoms. The summed E-state index contributed by atoms with van der Waals surface area (Å²) >= 11 is 0. The van der Waals surface area contributed by atoms with E-state index in [4.69, 9.17) is 14.9 Å². The monoisotopic (exact) mass is 286 g/mol. The molecular formula is C17H22N2O2. The number of ether oxygens (including phenoxy) is 1. The van der Waals surface area contributed by atoms with Gasteiger partial charge >= 0.3 is 0 Å². The van der Waals surface area contributed by atoms with E-state index >= 15 is 0 Å². The van der Waals surface area contributed by atoms with Crippen molar-refractivity contribution in [3.63, 3.8) is 0 Å². The van der Waals surface area contributed by atoms with Crippen molar-refractivity contribution >= 4 is 0 Å². The molecule has 1 fully saturated rings. The number of nitrogens with zero attached hydrogens (tertiary/aromatic N) is 1. The summed E-state index contributed by atoms with van der Waals surface area (Å²) in [6.45, 7) is 6.14. The van der Waals surface area contributed by atoms with Crippen LogP contribution in [0.2, 0.25) is 0 Å². The Balaban J connectivity index is 1.64. The number of hydrogen-bond donors (Lipinski definition) is 1. The molecule has 2 aromatic rings. The Bertz CT molecular complexity index is 577. The first kappa shape index (κ1) is 14.3. The van der Waals surface area contributed by atoms with Gasteiger partial charge < -0.3 is 14.9 Å². The van der Waals surface area contributed by atoms with Crippen LogP contribution in [0, 0.1) is 6.92 Å². The third kappa shape index (κ3) is 3.53. The van der Waals surface area contributed by atoms with E-state index in [1.165, 1.54) is 5.56 Å². The van der Waals surface area contributed by atoms with Gasteiger partial charge in [0.2, 0.25) is 0 Å². The van der Waals surface area contributed by atoms with Crippen LogP contribution >= 0.6 is 0 Å². The maximum atomic E-state index is 5.68. The average Bonchev–Trinajstić information content (AvgIpc) is 2.95. The van der Waals surface area contributed by atoms with Crippen molar-refractivity contribution in [3.8, 4) is 11.3 Å². The lowest BCUT2D eigenvalue weighted by Gasteiger charge is -2.32. The molecule has 21 heavy (non-hydrogen) atoms. The van der Waals surface area contributed by atoms with Crippen molar-refractivity contribution in [2.45, 2.75) is 19.6 Å². The van der Waals surface area contributed by atoms with Crippen LogP contribution in [0.4, 0.5) is 0 Å². The highest BCUT2D eigenvalue weighted by atomic mass is 16.5. The molecular weight excluding hydrogens is 264 g/mol. The van der Waals surface area contributed by atoms with E-state index in [0.717, 1.165) is 43.3 Å². The van der Waals surface area contributed by atoms with Crippen molar-refractivity contribution in [2.24, 2.45) is 5.73 Å². The van der Waals surface area contributed by atoms with Crippen LogP contribution in [0.1, 0.15) is 11.3 Å². The zero-order valence-corrected chi connectivity index (χ0v) is 12.4. The number of benzene rings is 1. The largest absolute Gasteiger partial charge is 0.461 e. The Morgan fingerprint density at radius 3 is 2.67 bits per heavy atom. The lowest BCUT2D eigenvalue weighted by Crippen LogP contribution is -2.45. The highest BCUT2D eigenvalue weighted by Gasteiger charge is 2.19. The van der Waals surface area contributed by atoms with Gasteiger partial charge in [0.25, 0.3) is 0 Å². The fraction of sp³-hybridized carbons (Fsp3) is 0.412. The fourth-order valence-corrected chi connectivity index (χ4v) is 2.69. The van der Waals surface area contributed by atoms with E-state index in [1.807, 2.05) is 19.1 Å². The molecule has 0 radical (unpaired) electrons. The van der Waals surface area contributed by atoms with Gasteiger partial charge in [-0.15, -0.1) is 0 Å². The quantitative estimate of drug-likeness (QED) is 0.938. The molecule has 1 aromatic carbocycles. The molecule has 1 aliphatic rings. The minimum atomic E-state index is 0.170. The summed E-state index contributed by atoms with van der Waals surface area (Å²) in [7, 11) is 0. The maximum absolute atomic E-state index is 5.68. The van der Waals surface area contributed by atoms with Crippen molar-refractivity contribution in [1.82, 2.24) is 4.90 Å². The Morgan fingerprint density at radius 2 is 2.00 bits per heavy atom. The molecule has 0 amide bonds. The van der Waals surface area contributed by atoms with E-state index in [2.05, 4.69) is 29.2 Å². The summed E-state index contributed by atoms with van der Waals surface area (Å²) in [5.74, 6) is 1.86. The highest BCUT2D eigenvalue weighted by Crippen LogP contribution is 2.22. The maximum Gasteiger partial charge on any atom is 0.134 e. The molecule has 1 aliphatic heterocycles. The third-order valence-electron chi connectivity index (χ3n) is 3.87. The van der Waals surface area contributed by atoms with Gasteiger partial charge in [0, 0.05) is 31.7 Å². The van der Waals surface area contributed by atoms with Gasteiger partial charge in [-0.25, -0.2) is 0 Å². The Kier molecular flexibility index (Phi) is 4.39. The number of nitrogens with two attached hydrogens (primary N) is 1. The zero-order chi connectivity index (χ0) is 14.7. The van der Waals surface area contributed by atoms with Crippen molar-refractivity contribution in [3.05, 3.63) is 47.7 Å². The molecule has 1 saturated heterocycles. The second-order valence-electron chi connectivity index (χ2n) is 5.57. The van der Waals surface area contributed by atoms with Crippen molar-refractivity contribution in [1.29, 1.82) is 0 Å². The molecule has 112 valence electrons. The van der Waals surface area contributed by atoms with E-state index in [1.54, 1.807) is 0 Å². The molecule has 0 aliphatic carbocycles. The van der Waals surface area contributed by atoms with Crippen LogP contribution in [-0.4, -0.2) is 37.2 Å². The lowest BCUT2D eigenvalue weighted by molar-refractivity contribution is -0.0260. The highest BCUT2D eigenvalue weighted by molar-refractivity contribution is 5.57. The van der Waals surface area contributed by atoms with Gasteiger partial charge in [-0.05, 0) is 24.6 Å². The fourth-order valence-electron chi connectivity index (χ4n) is 2.69. The Hall–Kier alpha value is -1.62. The van der Waals surface area contributed by atoms with Crippen LogP contribution in [0.25, 0.3) is 11.3 Å². The summed E-state index contributed by atoms with van der Waals surface area (Å²) in [5, 5.41) is 0. The summed E-state index contributed by atoms with van der Waals surface area (Å²) in [6.07, 6.45) is 0.170. The number of morpholine rings is 1. The summed E-state index contributed by atoms with van der Waals surface area (Å²) in [4.78, 5) is 2.40. The number of rotatable bonds is 4. The van der Waals surface area contributed by atoms with Gasteiger partial charge in [-0.1, -0.05) is 24.3 Å². The zero-order valence-electron chi connectivity index (χ0n) is 12.4. The molecule has 3 rings (SSSR count). The second-order valence-corrected chi connectivity index (χ2v) is 5.57. The molecule has 2 N–H and O–H groups in total. The van der Waals surface area contributed by atoms with Gasteiger partial charge in [0.15, 0.2) is 0 Å². The minimum absolute atomic E-state index is 0.170. The Labute approximate surface area is 125 Å². The predicted octanol–water partition coefficient (Wildman–Crippen LogP) is 2.41. The first-order chi connectivity index (χ1) is 10.2. The van der Waals surface area contributed by atoms with E-state index < -0.39 is 0 Å².